The number of carbonyl (C=O) groups is 2. The van der Waals surface area contributed by atoms with Crippen LogP contribution in [0.1, 0.15) is 41.4 Å². The molecule has 4 nitrogen and oxygen atoms in total. The van der Waals surface area contributed by atoms with Gasteiger partial charge in [-0.1, -0.05) is 31.5 Å². The second-order valence-electron chi connectivity index (χ2n) is 5.65. The number of amides is 1. The van der Waals surface area contributed by atoms with Crippen molar-refractivity contribution in [3.8, 4) is 0 Å². The van der Waals surface area contributed by atoms with Gasteiger partial charge in [-0.15, -0.1) is 11.3 Å². The lowest BCUT2D eigenvalue weighted by Crippen LogP contribution is -2.40. The van der Waals surface area contributed by atoms with Gasteiger partial charge in [-0.05, 0) is 36.3 Å². The fraction of sp³-hybridized carbons (Fsp3) is 0.412. The van der Waals surface area contributed by atoms with Crippen LogP contribution in [0.4, 0.5) is 0 Å². The first-order chi connectivity index (χ1) is 10.6. The molecule has 1 aromatic carbocycles. The zero-order valence-electron chi connectivity index (χ0n) is 12.5. The summed E-state index contributed by atoms with van der Waals surface area (Å²) >= 11 is 1.49. The van der Waals surface area contributed by atoms with Crippen molar-refractivity contribution in [2.24, 2.45) is 0 Å². The Morgan fingerprint density at radius 1 is 1.36 bits per heavy atom. The Bertz CT molecular complexity index is 722. The van der Waals surface area contributed by atoms with E-state index in [4.69, 9.17) is 0 Å². The van der Waals surface area contributed by atoms with Crippen molar-refractivity contribution in [1.29, 1.82) is 0 Å². The first-order valence-electron chi connectivity index (χ1n) is 7.67. The van der Waals surface area contributed by atoms with E-state index in [1.165, 1.54) is 16.2 Å². The third-order valence-electron chi connectivity index (χ3n) is 4.19. The molecule has 1 amide bonds. The van der Waals surface area contributed by atoms with Gasteiger partial charge in [-0.3, -0.25) is 4.79 Å². The van der Waals surface area contributed by atoms with E-state index < -0.39 is 12.0 Å². The van der Waals surface area contributed by atoms with Gasteiger partial charge in [0.25, 0.3) is 5.91 Å². The lowest BCUT2D eigenvalue weighted by atomic mass is 10.1. The van der Waals surface area contributed by atoms with Crippen LogP contribution in [0, 0.1) is 0 Å². The van der Waals surface area contributed by atoms with Gasteiger partial charge in [0.15, 0.2) is 0 Å². The van der Waals surface area contributed by atoms with E-state index in [0.29, 0.717) is 13.0 Å². The molecule has 0 spiro atoms. The standard InChI is InChI=1S/C17H19NO3S/c1-2-6-12-11-7-3-4-9-14(11)22-15(12)16(19)18-10-5-8-13(18)17(20)21/h3-4,7,9,13H,2,5-6,8,10H2,1H3,(H,20,21). The lowest BCUT2D eigenvalue weighted by molar-refractivity contribution is -0.141. The molecule has 0 radical (unpaired) electrons. The van der Waals surface area contributed by atoms with E-state index in [2.05, 4.69) is 6.92 Å². The van der Waals surface area contributed by atoms with Gasteiger partial charge in [0.05, 0.1) is 4.88 Å². The summed E-state index contributed by atoms with van der Waals surface area (Å²) in [6.45, 7) is 2.63. The molecule has 1 fully saturated rings. The number of carboxylic acids is 1. The molecule has 1 atom stereocenters. The molecule has 1 N–H and O–H groups in total. The third kappa shape index (κ3) is 2.50. The van der Waals surface area contributed by atoms with E-state index in [9.17, 15) is 14.7 Å². The Morgan fingerprint density at radius 2 is 2.14 bits per heavy atom. The number of aryl methyl sites for hydroxylation is 1. The number of aliphatic carboxylic acids is 1. The molecular formula is C17H19NO3S. The molecule has 22 heavy (non-hydrogen) atoms. The first kappa shape index (κ1) is 15.0. The Morgan fingerprint density at radius 3 is 2.86 bits per heavy atom. The predicted octanol–water partition coefficient (Wildman–Crippen LogP) is 3.54. The number of nitrogens with zero attached hydrogens (tertiary/aromatic N) is 1. The molecule has 0 aliphatic carbocycles. The number of carbonyl (C=O) groups excluding carboxylic acids is 1. The van der Waals surface area contributed by atoms with Crippen LogP contribution in [-0.2, 0) is 11.2 Å². The monoisotopic (exact) mass is 317 g/mol. The van der Waals surface area contributed by atoms with Gasteiger partial charge in [0, 0.05) is 11.2 Å². The molecule has 2 aromatic rings. The normalized spacial score (nSPS) is 18.0. The third-order valence-corrected chi connectivity index (χ3v) is 5.39. The van der Waals surface area contributed by atoms with Crippen LogP contribution < -0.4 is 0 Å². The maximum Gasteiger partial charge on any atom is 0.326 e. The Balaban J connectivity index is 2.03. The molecule has 1 aliphatic rings. The molecular weight excluding hydrogens is 298 g/mol. The highest BCUT2D eigenvalue weighted by Crippen LogP contribution is 2.34. The van der Waals surface area contributed by atoms with Gasteiger partial charge in [0.1, 0.15) is 6.04 Å². The summed E-state index contributed by atoms with van der Waals surface area (Å²) in [7, 11) is 0. The summed E-state index contributed by atoms with van der Waals surface area (Å²) in [6.07, 6.45) is 3.12. The molecule has 1 aromatic heterocycles. The molecule has 5 heteroatoms. The van der Waals surface area contributed by atoms with Crippen molar-refractivity contribution >= 4 is 33.3 Å². The van der Waals surface area contributed by atoms with Gasteiger partial charge in [-0.2, -0.15) is 0 Å². The molecule has 116 valence electrons. The predicted molar refractivity (Wildman–Crippen MR) is 87.5 cm³/mol. The Kier molecular flexibility index (Phi) is 4.16. The average molecular weight is 317 g/mol. The molecule has 0 bridgehead atoms. The number of carboxylic acid groups (broad SMARTS) is 1. The van der Waals surface area contributed by atoms with Gasteiger partial charge in [-0.25, -0.2) is 4.79 Å². The Hall–Kier alpha value is -1.88. The minimum absolute atomic E-state index is 0.116. The quantitative estimate of drug-likeness (QED) is 0.938. The smallest absolute Gasteiger partial charge is 0.326 e. The zero-order chi connectivity index (χ0) is 15.7. The number of benzene rings is 1. The highest BCUT2D eigenvalue weighted by atomic mass is 32.1. The van der Waals surface area contributed by atoms with Crippen molar-refractivity contribution in [3.63, 3.8) is 0 Å². The van der Waals surface area contributed by atoms with E-state index >= 15 is 0 Å². The van der Waals surface area contributed by atoms with Crippen LogP contribution in [0.3, 0.4) is 0 Å². The average Bonchev–Trinajstić information content (AvgIpc) is 3.12. The van der Waals surface area contributed by atoms with Crippen molar-refractivity contribution in [2.45, 2.75) is 38.6 Å². The fourth-order valence-electron chi connectivity index (χ4n) is 3.17. The van der Waals surface area contributed by atoms with E-state index in [0.717, 1.165) is 39.8 Å². The number of thiophene rings is 1. The summed E-state index contributed by atoms with van der Waals surface area (Å²) in [5.41, 5.74) is 1.07. The summed E-state index contributed by atoms with van der Waals surface area (Å²) in [5, 5.41) is 10.4. The van der Waals surface area contributed by atoms with Crippen molar-refractivity contribution < 1.29 is 14.7 Å². The number of rotatable bonds is 4. The number of fused-ring (bicyclic) bond motifs is 1. The summed E-state index contributed by atoms with van der Waals surface area (Å²) < 4.78 is 1.10. The molecule has 2 heterocycles. The van der Waals surface area contributed by atoms with Crippen LogP contribution in [-0.4, -0.2) is 34.5 Å². The topological polar surface area (TPSA) is 57.6 Å². The SMILES string of the molecule is CCCc1c(C(=O)N2CCCC2C(=O)O)sc2ccccc12. The van der Waals surface area contributed by atoms with Crippen molar-refractivity contribution in [2.75, 3.05) is 6.54 Å². The molecule has 0 saturated carbocycles. The summed E-state index contributed by atoms with van der Waals surface area (Å²) in [6, 6.07) is 7.35. The summed E-state index contributed by atoms with van der Waals surface area (Å²) in [5.74, 6) is -1.02. The second-order valence-corrected chi connectivity index (χ2v) is 6.70. The van der Waals surface area contributed by atoms with E-state index in [1.807, 2.05) is 24.3 Å². The number of hydrogen-bond donors (Lipinski definition) is 1. The second kappa shape index (κ2) is 6.08. The largest absolute Gasteiger partial charge is 0.480 e. The molecule has 1 aliphatic heterocycles. The maximum absolute atomic E-state index is 12.9. The lowest BCUT2D eigenvalue weighted by Gasteiger charge is -2.21. The molecule has 1 saturated heterocycles. The minimum Gasteiger partial charge on any atom is -0.480 e. The van der Waals surface area contributed by atoms with Gasteiger partial charge < -0.3 is 10.0 Å². The van der Waals surface area contributed by atoms with E-state index in [1.54, 1.807) is 0 Å². The zero-order valence-corrected chi connectivity index (χ0v) is 13.4. The van der Waals surface area contributed by atoms with Crippen LogP contribution in [0.2, 0.25) is 0 Å². The highest BCUT2D eigenvalue weighted by Gasteiger charge is 2.36. The fourth-order valence-corrected chi connectivity index (χ4v) is 4.37. The first-order valence-corrected chi connectivity index (χ1v) is 8.49. The Labute approximate surface area is 133 Å². The van der Waals surface area contributed by atoms with Gasteiger partial charge in [0.2, 0.25) is 0 Å². The minimum atomic E-state index is -0.899. The van der Waals surface area contributed by atoms with Crippen molar-refractivity contribution in [3.05, 3.63) is 34.7 Å². The van der Waals surface area contributed by atoms with Crippen LogP contribution in [0.25, 0.3) is 10.1 Å². The number of hydrogen-bond acceptors (Lipinski definition) is 3. The van der Waals surface area contributed by atoms with Crippen LogP contribution >= 0.6 is 11.3 Å². The molecule has 3 rings (SSSR count). The van der Waals surface area contributed by atoms with Crippen LogP contribution in [0.5, 0.6) is 0 Å². The van der Waals surface area contributed by atoms with Gasteiger partial charge >= 0.3 is 5.97 Å². The molecule has 1 unspecified atom stereocenters. The highest BCUT2D eigenvalue weighted by molar-refractivity contribution is 7.21. The maximum atomic E-state index is 12.9. The van der Waals surface area contributed by atoms with Crippen molar-refractivity contribution in [1.82, 2.24) is 4.90 Å². The summed E-state index contributed by atoms with van der Waals surface area (Å²) in [4.78, 5) is 26.5. The number of likely N-dealkylation sites (tertiary alicyclic amines) is 1. The van der Waals surface area contributed by atoms with Crippen LogP contribution in [0.15, 0.2) is 24.3 Å². The van der Waals surface area contributed by atoms with E-state index in [-0.39, 0.29) is 5.91 Å².